The quantitative estimate of drug-likeness (QED) is 0.729. The number of nitrogens with two attached hydrogens (primary N) is 1. The van der Waals surface area contributed by atoms with Crippen molar-refractivity contribution in [2.45, 2.75) is 38.9 Å². The van der Waals surface area contributed by atoms with E-state index >= 15 is 0 Å². The van der Waals surface area contributed by atoms with E-state index in [1.165, 1.54) is 0 Å². The van der Waals surface area contributed by atoms with E-state index in [0.717, 1.165) is 32.5 Å². The molecule has 19 heavy (non-hydrogen) atoms. The number of carbonyl (C=O) groups is 1. The molecule has 0 aromatic rings. The third-order valence-corrected chi connectivity index (χ3v) is 3.28. The molecular formula is C12H27Cl2N3O2. The van der Waals surface area contributed by atoms with E-state index in [9.17, 15) is 4.79 Å². The van der Waals surface area contributed by atoms with Gasteiger partial charge in [-0.1, -0.05) is 13.8 Å². The number of carbonyl (C=O) groups excluding carboxylic acids is 1. The van der Waals surface area contributed by atoms with Crippen molar-refractivity contribution in [2.75, 3.05) is 32.7 Å². The van der Waals surface area contributed by atoms with Crippen molar-refractivity contribution < 1.29 is 9.53 Å². The van der Waals surface area contributed by atoms with Crippen molar-refractivity contribution in [3.8, 4) is 0 Å². The second-order valence-corrected chi connectivity index (χ2v) is 4.38. The van der Waals surface area contributed by atoms with E-state index in [-0.39, 0.29) is 42.9 Å². The number of nitrogens with one attached hydrogen (secondary N) is 1. The molecule has 1 aliphatic rings. The van der Waals surface area contributed by atoms with Crippen molar-refractivity contribution in [3.63, 3.8) is 0 Å². The Morgan fingerprint density at radius 2 is 1.95 bits per heavy atom. The molecule has 1 saturated heterocycles. The Bertz CT molecular complexity index is 241. The van der Waals surface area contributed by atoms with Gasteiger partial charge < -0.3 is 20.7 Å². The molecule has 1 rings (SSSR count). The lowest BCUT2D eigenvalue weighted by molar-refractivity contribution is -0.131. The van der Waals surface area contributed by atoms with Crippen molar-refractivity contribution in [1.82, 2.24) is 10.2 Å². The number of hydrogen-bond donors (Lipinski definition) is 2. The molecule has 1 aliphatic heterocycles. The minimum absolute atomic E-state index is 0. The van der Waals surface area contributed by atoms with Crippen LogP contribution in [0.4, 0.5) is 0 Å². The highest BCUT2D eigenvalue weighted by atomic mass is 35.5. The van der Waals surface area contributed by atoms with Gasteiger partial charge in [0.15, 0.2) is 0 Å². The number of nitrogens with zero attached hydrogens (tertiary/aromatic N) is 1. The predicted molar refractivity (Wildman–Crippen MR) is 82.2 cm³/mol. The Morgan fingerprint density at radius 3 is 2.42 bits per heavy atom. The highest BCUT2D eigenvalue weighted by molar-refractivity contribution is 5.85. The van der Waals surface area contributed by atoms with Crippen LogP contribution in [0, 0.1) is 0 Å². The molecule has 0 unspecified atom stereocenters. The van der Waals surface area contributed by atoms with Gasteiger partial charge in [0.2, 0.25) is 5.91 Å². The van der Waals surface area contributed by atoms with E-state index in [4.69, 9.17) is 10.5 Å². The van der Waals surface area contributed by atoms with Gasteiger partial charge in [-0.05, 0) is 25.9 Å². The molecule has 1 amide bonds. The Hall–Kier alpha value is -0.0700. The summed E-state index contributed by atoms with van der Waals surface area (Å²) in [7, 11) is 0. The molecule has 0 aromatic heterocycles. The van der Waals surface area contributed by atoms with Crippen LogP contribution in [-0.2, 0) is 9.53 Å². The Balaban J connectivity index is 0. The zero-order valence-corrected chi connectivity index (χ0v) is 13.4. The van der Waals surface area contributed by atoms with Crippen molar-refractivity contribution in [3.05, 3.63) is 0 Å². The van der Waals surface area contributed by atoms with Crippen LogP contribution < -0.4 is 11.1 Å². The highest BCUT2D eigenvalue weighted by Crippen LogP contribution is 2.18. The molecule has 116 valence electrons. The topological polar surface area (TPSA) is 67.6 Å². The highest BCUT2D eigenvalue weighted by Gasteiger charge is 2.29. The van der Waals surface area contributed by atoms with Crippen LogP contribution in [0.15, 0.2) is 0 Å². The smallest absolute Gasteiger partial charge is 0.249 e. The Kier molecular flexibility index (Phi) is 13.1. The molecule has 2 atom stereocenters. The Morgan fingerprint density at radius 1 is 1.32 bits per heavy atom. The van der Waals surface area contributed by atoms with Gasteiger partial charge in [-0.2, -0.15) is 0 Å². The molecule has 1 heterocycles. The molecule has 3 N–H and O–H groups in total. The summed E-state index contributed by atoms with van der Waals surface area (Å²) in [4.78, 5) is 14.0. The van der Waals surface area contributed by atoms with Crippen LogP contribution in [0.25, 0.3) is 0 Å². The summed E-state index contributed by atoms with van der Waals surface area (Å²) in [6, 6.07) is 0. The first-order valence-electron chi connectivity index (χ1n) is 6.56. The van der Waals surface area contributed by atoms with Gasteiger partial charge in [0.25, 0.3) is 0 Å². The molecule has 0 radical (unpaired) electrons. The standard InChI is InChI=1S/C12H25N3O2.2ClH/c1-3-15(4-2)8-7-14-12(16)11-6-5-10(9-13)17-11;;/h10-11H,3-9,13H2,1-2H3,(H,14,16);2*1H/t10-,11+;;/m1../s1. The number of ether oxygens (including phenoxy) is 1. The minimum atomic E-state index is -0.291. The first-order chi connectivity index (χ1) is 8.21. The molecule has 0 aromatic carbocycles. The maximum absolute atomic E-state index is 11.8. The van der Waals surface area contributed by atoms with Crippen molar-refractivity contribution in [1.29, 1.82) is 0 Å². The monoisotopic (exact) mass is 315 g/mol. The van der Waals surface area contributed by atoms with E-state index in [0.29, 0.717) is 13.1 Å². The fourth-order valence-corrected chi connectivity index (χ4v) is 2.06. The molecule has 0 spiro atoms. The predicted octanol–water partition coefficient (Wildman–Crippen LogP) is 0.794. The summed E-state index contributed by atoms with van der Waals surface area (Å²) in [6.45, 7) is 8.36. The average Bonchev–Trinajstić information content (AvgIpc) is 2.83. The van der Waals surface area contributed by atoms with Crippen molar-refractivity contribution >= 4 is 30.7 Å². The number of likely N-dealkylation sites (N-methyl/N-ethyl adjacent to an activating group) is 1. The van der Waals surface area contributed by atoms with Gasteiger partial charge in [0.05, 0.1) is 6.10 Å². The maximum atomic E-state index is 11.8. The van der Waals surface area contributed by atoms with Gasteiger partial charge >= 0.3 is 0 Å². The van der Waals surface area contributed by atoms with Gasteiger partial charge in [-0.15, -0.1) is 24.8 Å². The molecule has 5 nitrogen and oxygen atoms in total. The van der Waals surface area contributed by atoms with Crippen LogP contribution in [0.5, 0.6) is 0 Å². The molecule has 0 aliphatic carbocycles. The van der Waals surface area contributed by atoms with Gasteiger partial charge in [-0.25, -0.2) is 0 Å². The van der Waals surface area contributed by atoms with Gasteiger partial charge in [0, 0.05) is 19.6 Å². The van der Waals surface area contributed by atoms with Crippen LogP contribution in [0.3, 0.4) is 0 Å². The maximum Gasteiger partial charge on any atom is 0.249 e. The SMILES string of the molecule is CCN(CC)CCNC(=O)[C@@H]1CC[C@H](CN)O1.Cl.Cl. The summed E-state index contributed by atoms with van der Waals surface area (Å²) >= 11 is 0. The van der Waals surface area contributed by atoms with Crippen LogP contribution >= 0.6 is 24.8 Å². The lowest BCUT2D eigenvalue weighted by Crippen LogP contribution is -2.40. The summed E-state index contributed by atoms with van der Waals surface area (Å²) in [6.07, 6.45) is 1.46. The fourth-order valence-electron chi connectivity index (χ4n) is 2.06. The van der Waals surface area contributed by atoms with Gasteiger partial charge in [0.1, 0.15) is 6.10 Å². The first kappa shape index (κ1) is 21.2. The lowest BCUT2D eigenvalue weighted by atomic mass is 10.2. The third-order valence-electron chi connectivity index (χ3n) is 3.28. The zero-order chi connectivity index (χ0) is 12.7. The van der Waals surface area contributed by atoms with Crippen LogP contribution in [0.1, 0.15) is 26.7 Å². The summed E-state index contributed by atoms with van der Waals surface area (Å²) < 4.78 is 5.53. The summed E-state index contributed by atoms with van der Waals surface area (Å²) in [5.41, 5.74) is 5.51. The van der Waals surface area contributed by atoms with E-state index < -0.39 is 0 Å². The summed E-state index contributed by atoms with van der Waals surface area (Å²) in [5, 5.41) is 2.92. The first-order valence-corrected chi connectivity index (χ1v) is 6.56. The normalized spacial score (nSPS) is 21.7. The molecule has 7 heteroatoms. The zero-order valence-electron chi connectivity index (χ0n) is 11.8. The largest absolute Gasteiger partial charge is 0.364 e. The van der Waals surface area contributed by atoms with Crippen LogP contribution in [0.2, 0.25) is 0 Å². The van der Waals surface area contributed by atoms with Gasteiger partial charge in [-0.3, -0.25) is 4.79 Å². The Labute approximate surface area is 128 Å². The number of rotatable bonds is 7. The average molecular weight is 316 g/mol. The second-order valence-electron chi connectivity index (χ2n) is 4.38. The van der Waals surface area contributed by atoms with E-state index in [1.54, 1.807) is 0 Å². The fraction of sp³-hybridized carbons (Fsp3) is 0.917. The number of amides is 1. The second kappa shape index (κ2) is 11.7. The molecule has 1 fully saturated rings. The molecular weight excluding hydrogens is 289 g/mol. The van der Waals surface area contributed by atoms with Crippen LogP contribution in [-0.4, -0.2) is 55.7 Å². The van der Waals surface area contributed by atoms with E-state index in [1.807, 2.05) is 0 Å². The number of halogens is 2. The number of hydrogen-bond acceptors (Lipinski definition) is 4. The molecule has 0 saturated carbocycles. The molecule has 0 bridgehead atoms. The van der Waals surface area contributed by atoms with E-state index in [2.05, 4.69) is 24.1 Å². The summed E-state index contributed by atoms with van der Waals surface area (Å²) in [5.74, 6) is 0.00751. The third kappa shape index (κ3) is 7.32. The minimum Gasteiger partial charge on any atom is -0.364 e. The van der Waals surface area contributed by atoms with Crippen molar-refractivity contribution in [2.24, 2.45) is 5.73 Å². The lowest BCUT2D eigenvalue weighted by Gasteiger charge is -2.19.